The first kappa shape index (κ1) is 16.3. The summed E-state index contributed by atoms with van der Waals surface area (Å²) in [6.07, 6.45) is -5.26. The van der Waals surface area contributed by atoms with E-state index in [1.54, 1.807) is 0 Å². The van der Waals surface area contributed by atoms with Crippen LogP contribution in [0.5, 0.6) is 5.88 Å². The number of pyridine rings is 1. The number of carbonyl (C=O) groups is 1. The molecule has 1 aromatic rings. The molecule has 0 aliphatic rings. The highest BCUT2D eigenvalue weighted by Gasteiger charge is 2.33. The molecule has 0 aromatic carbocycles. The number of rotatable bonds is 4. The highest BCUT2D eigenvalue weighted by Crippen LogP contribution is 2.28. The zero-order chi connectivity index (χ0) is 14.6. The average molecular weight is 410 g/mol. The number of hydrogen-bond acceptors (Lipinski definition) is 4. The fourth-order valence-corrected chi connectivity index (χ4v) is 2.31. The smallest absolute Gasteiger partial charge is 0.469 e. The van der Waals surface area contributed by atoms with Crippen LogP contribution >= 0.6 is 34.2 Å². The minimum Gasteiger partial charge on any atom is -0.469 e. The molecule has 9 heteroatoms. The van der Waals surface area contributed by atoms with Gasteiger partial charge in [0.25, 0.3) is 0 Å². The molecule has 0 bridgehead atoms. The Kier molecular flexibility index (Phi) is 5.65. The number of carbonyl (C=O) groups excluding carboxylic acids is 1. The van der Waals surface area contributed by atoms with Crippen molar-refractivity contribution < 1.29 is 27.4 Å². The first-order valence-electron chi connectivity index (χ1n) is 4.83. The van der Waals surface area contributed by atoms with Crippen molar-refractivity contribution in [2.75, 3.05) is 7.11 Å². The zero-order valence-electron chi connectivity index (χ0n) is 9.55. The number of methoxy groups -OCH3 is 1. The Hall–Kier alpha value is -0.770. The number of alkyl halides is 4. The van der Waals surface area contributed by atoms with Crippen LogP contribution in [-0.4, -0.2) is 24.4 Å². The summed E-state index contributed by atoms with van der Waals surface area (Å²) in [5.41, 5.74) is 0.234. The predicted octanol–water partition coefficient (Wildman–Crippen LogP) is 3.04. The Morgan fingerprint density at radius 1 is 1.53 bits per heavy atom. The molecule has 1 heterocycles. The lowest BCUT2D eigenvalue weighted by atomic mass is 10.2. The summed E-state index contributed by atoms with van der Waals surface area (Å²) in [5.74, 6) is -1.44. The van der Waals surface area contributed by atoms with E-state index in [4.69, 9.17) is 11.6 Å². The molecule has 0 aliphatic heterocycles. The van der Waals surface area contributed by atoms with Gasteiger partial charge in [0, 0.05) is 9.13 Å². The van der Waals surface area contributed by atoms with E-state index >= 15 is 0 Å². The molecular weight excluding hydrogens is 401 g/mol. The Labute approximate surface area is 125 Å². The lowest BCUT2D eigenvalue weighted by Gasteiger charge is -2.13. The van der Waals surface area contributed by atoms with Crippen LogP contribution in [0.25, 0.3) is 0 Å². The maximum atomic E-state index is 12.3. The molecule has 0 amide bonds. The number of ether oxygens (including phenoxy) is 2. The van der Waals surface area contributed by atoms with E-state index in [0.717, 1.165) is 7.11 Å². The van der Waals surface area contributed by atoms with Gasteiger partial charge in [0.15, 0.2) is 0 Å². The largest absolute Gasteiger partial charge is 0.574 e. The number of hydrogen-bond donors (Lipinski definition) is 0. The number of halogens is 5. The molecule has 19 heavy (non-hydrogen) atoms. The zero-order valence-corrected chi connectivity index (χ0v) is 12.5. The summed E-state index contributed by atoms with van der Waals surface area (Å²) < 4.78 is 45.5. The van der Waals surface area contributed by atoms with Crippen LogP contribution in [0.15, 0.2) is 6.07 Å². The van der Waals surface area contributed by atoms with Gasteiger partial charge in [0.1, 0.15) is 0 Å². The highest BCUT2D eigenvalue weighted by atomic mass is 127. The van der Waals surface area contributed by atoms with E-state index in [1.165, 1.54) is 6.07 Å². The molecule has 0 saturated heterocycles. The molecule has 0 saturated carbocycles. The van der Waals surface area contributed by atoms with E-state index in [1.807, 2.05) is 22.6 Å². The van der Waals surface area contributed by atoms with Gasteiger partial charge in [-0.1, -0.05) is 0 Å². The first-order chi connectivity index (χ1) is 8.76. The third kappa shape index (κ3) is 5.01. The SMILES string of the molecule is COC(=O)Cc1cc(I)c(CCl)nc1OC(F)(F)F. The van der Waals surface area contributed by atoms with Crippen LogP contribution in [0.2, 0.25) is 0 Å². The molecule has 0 aliphatic carbocycles. The van der Waals surface area contributed by atoms with Gasteiger partial charge in [-0.05, 0) is 28.7 Å². The second-order valence-corrected chi connectivity index (χ2v) is 4.74. The Morgan fingerprint density at radius 2 is 2.16 bits per heavy atom. The van der Waals surface area contributed by atoms with Crippen LogP contribution in [0.1, 0.15) is 11.3 Å². The molecule has 0 spiro atoms. The Balaban J connectivity index is 3.18. The van der Waals surface area contributed by atoms with Crippen LogP contribution in [0, 0.1) is 3.57 Å². The van der Waals surface area contributed by atoms with Crippen molar-refractivity contribution in [1.82, 2.24) is 4.98 Å². The van der Waals surface area contributed by atoms with Crippen molar-refractivity contribution in [2.24, 2.45) is 0 Å². The van der Waals surface area contributed by atoms with E-state index in [0.29, 0.717) is 3.57 Å². The topological polar surface area (TPSA) is 48.4 Å². The second kappa shape index (κ2) is 6.60. The molecule has 0 unspecified atom stereocenters. The van der Waals surface area contributed by atoms with Crippen LogP contribution in [-0.2, 0) is 21.8 Å². The van der Waals surface area contributed by atoms with Gasteiger partial charge in [-0.3, -0.25) is 4.79 Å². The van der Waals surface area contributed by atoms with Gasteiger partial charge in [-0.15, -0.1) is 24.8 Å². The molecule has 0 N–H and O–H groups in total. The summed E-state index contributed by atoms with van der Waals surface area (Å²) >= 11 is 7.43. The second-order valence-electron chi connectivity index (χ2n) is 3.32. The average Bonchev–Trinajstić information content (AvgIpc) is 2.30. The van der Waals surface area contributed by atoms with E-state index in [-0.39, 0.29) is 23.6 Å². The minimum absolute atomic E-state index is 0.0116. The van der Waals surface area contributed by atoms with Gasteiger partial charge < -0.3 is 9.47 Å². The molecular formula is C10H8ClF3INO3. The standard InChI is InChI=1S/C10H8ClF3INO3/c1-18-8(17)3-5-2-6(15)7(4-11)16-9(5)19-10(12,13)14/h2H,3-4H2,1H3. The summed E-state index contributed by atoms with van der Waals surface area (Å²) in [5, 5.41) is 0. The minimum atomic E-state index is -4.89. The Bertz CT molecular complexity index is 482. The third-order valence-corrected chi connectivity index (χ3v) is 3.18. The Morgan fingerprint density at radius 3 is 2.63 bits per heavy atom. The maximum Gasteiger partial charge on any atom is 0.574 e. The predicted molar refractivity (Wildman–Crippen MR) is 68.9 cm³/mol. The number of esters is 1. The monoisotopic (exact) mass is 409 g/mol. The fourth-order valence-electron chi connectivity index (χ4n) is 1.19. The molecule has 0 fully saturated rings. The summed E-state index contributed by atoms with van der Waals surface area (Å²) in [4.78, 5) is 14.8. The van der Waals surface area contributed by atoms with Crippen LogP contribution < -0.4 is 4.74 Å². The lowest BCUT2D eigenvalue weighted by molar-refractivity contribution is -0.276. The van der Waals surface area contributed by atoms with Gasteiger partial charge in [0.2, 0.25) is 5.88 Å². The normalized spacial score (nSPS) is 11.3. The van der Waals surface area contributed by atoms with Crippen molar-refractivity contribution in [3.63, 3.8) is 0 Å². The van der Waals surface area contributed by atoms with Crippen molar-refractivity contribution in [3.05, 3.63) is 20.9 Å². The van der Waals surface area contributed by atoms with Gasteiger partial charge in [0.05, 0.1) is 25.1 Å². The van der Waals surface area contributed by atoms with Gasteiger partial charge >= 0.3 is 12.3 Å². The molecule has 1 aromatic heterocycles. The van der Waals surface area contributed by atoms with Crippen LogP contribution in [0.4, 0.5) is 13.2 Å². The molecule has 0 radical (unpaired) electrons. The lowest BCUT2D eigenvalue weighted by Crippen LogP contribution is -2.20. The summed E-state index contributed by atoms with van der Waals surface area (Å²) in [7, 11) is 1.14. The first-order valence-corrected chi connectivity index (χ1v) is 6.45. The van der Waals surface area contributed by atoms with Crippen molar-refractivity contribution >= 4 is 40.2 Å². The molecule has 0 atom stereocenters. The van der Waals surface area contributed by atoms with Crippen molar-refractivity contribution in [3.8, 4) is 5.88 Å². The highest BCUT2D eigenvalue weighted by molar-refractivity contribution is 14.1. The third-order valence-electron chi connectivity index (χ3n) is 1.99. The molecule has 4 nitrogen and oxygen atoms in total. The maximum absolute atomic E-state index is 12.3. The van der Waals surface area contributed by atoms with Gasteiger partial charge in [-0.25, -0.2) is 4.98 Å². The van der Waals surface area contributed by atoms with E-state index in [9.17, 15) is 18.0 Å². The number of aromatic nitrogens is 1. The molecule has 1 rings (SSSR count). The van der Waals surface area contributed by atoms with Gasteiger partial charge in [-0.2, -0.15) is 0 Å². The van der Waals surface area contributed by atoms with Crippen molar-refractivity contribution in [2.45, 2.75) is 18.7 Å². The molecule has 106 valence electrons. The summed E-state index contributed by atoms with van der Waals surface area (Å²) in [6.45, 7) is 0. The van der Waals surface area contributed by atoms with Crippen LogP contribution in [0.3, 0.4) is 0 Å². The van der Waals surface area contributed by atoms with E-state index < -0.39 is 18.2 Å². The van der Waals surface area contributed by atoms with Crippen molar-refractivity contribution in [1.29, 1.82) is 0 Å². The summed E-state index contributed by atoms with van der Waals surface area (Å²) in [6, 6.07) is 1.36. The van der Waals surface area contributed by atoms with E-state index in [2.05, 4.69) is 14.5 Å². The fraction of sp³-hybridized carbons (Fsp3) is 0.400. The quantitative estimate of drug-likeness (QED) is 0.436. The number of nitrogens with zero attached hydrogens (tertiary/aromatic N) is 1.